The van der Waals surface area contributed by atoms with Crippen molar-refractivity contribution in [2.24, 2.45) is 0 Å². The second kappa shape index (κ2) is 11.2. The smallest absolute Gasteiger partial charge is 0.267 e. The van der Waals surface area contributed by atoms with E-state index in [1.54, 1.807) is 48.5 Å². The summed E-state index contributed by atoms with van der Waals surface area (Å²) >= 11 is 0. The molecule has 1 aliphatic rings. The Labute approximate surface area is 175 Å². The van der Waals surface area contributed by atoms with Crippen molar-refractivity contribution in [1.82, 2.24) is 15.5 Å². The molecule has 0 spiro atoms. The third-order valence-corrected chi connectivity index (χ3v) is 4.77. The van der Waals surface area contributed by atoms with Gasteiger partial charge < -0.3 is 15.4 Å². The average Bonchev–Trinajstić information content (AvgIpc) is 2.78. The molecule has 0 radical (unpaired) electrons. The van der Waals surface area contributed by atoms with Crippen molar-refractivity contribution in [3.05, 3.63) is 77.2 Å². The molecule has 1 heterocycles. The van der Waals surface area contributed by atoms with Crippen molar-refractivity contribution in [3.63, 3.8) is 0 Å². The highest BCUT2D eigenvalue weighted by Gasteiger charge is 2.16. The minimum Gasteiger partial charge on any atom is -0.379 e. The zero-order valence-electron chi connectivity index (χ0n) is 16.8. The number of halogens is 1. The summed E-state index contributed by atoms with van der Waals surface area (Å²) in [5.74, 6) is -1.35. The van der Waals surface area contributed by atoms with Crippen molar-refractivity contribution in [2.45, 2.75) is 6.42 Å². The molecule has 0 unspecified atom stereocenters. The fourth-order valence-corrected chi connectivity index (χ4v) is 3.11. The van der Waals surface area contributed by atoms with Gasteiger partial charge in [0.05, 0.1) is 13.2 Å². The third kappa shape index (κ3) is 6.50. The Bertz CT molecular complexity index is 880. The third-order valence-electron chi connectivity index (χ3n) is 4.77. The van der Waals surface area contributed by atoms with Gasteiger partial charge in [-0.05, 0) is 37.2 Å². The Kier molecular flexibility index (Phi) is 8.11. The van der Waals surface area contributed by atoms with E-state index in [-0.39, 0.29) is 11.3 Å². The van der Waals surface area contributed by atoms with Crippen molar-refractivity contribution in [2.75, 3.05) is 39.4 Å². The van der Waals surface area contributed by atoms with E-state index in [4.69, 9.17) is 4.74 Å². The molecule has 158 valence electrons. The fourth-order valence-electron chi connectivity index (χ4n) is 3.11. The van der Waals surface area contributed by atoms with Gasteiger partial charge >= 0.3 is 0 Å². The Balaban J connectivity index is 1.64. The van der Waals surface area contributed by atoms with Gasteiger partial charge in [0.2, 0.25) is 0 Å². The molecule has 2 aromatic carbocycles. The molecule has 7 heteroatoms. The predicted molar refractivity (Wildman–Crippen MR) is 113 cm³/mol. The Morgan fingerprint density at radius 1 is 1.03 bits per heavy atom. The molecule has 1 fully saturated rings. The van der Waals surface area contributed by atoms with E-state index >= 15 is 0 Å². The first-order chi connectivity index (χ1) is 14.6. The number of rotatable bonds is 8. The molecule has 1 aliphatic heterocycles. The summed E-state index contributed by atoms with van der Waals surface area (Å²) < 4.78 is 19.4. The maximum absolute atomic E-state index is 14.1. The number of amides is 2. The van der Waals surface area contributed by atoms with E-state index in [2.05, 4.69) is 15.5 Å². The van der Waals surface area contributed by atoms with Crippen LogP contribution in [0.2, 0.25) is 0 Å². The van der Waals surface area contributed by atoms with Gasteiger partial charge in [0.1, 0.15) is 11.5 Å². The number of benzene rings is 2. The fraction of sp³-hybridized carbons (Fsp3) is 0.304. The number of carbonyl (C=O) groups is 2. The molecule has 0 aliphatic carbocycles. The molecule has 0 aromatic heterocycles. The highest BCUT2D eigenvalue weighted by Crippen LogP contribution is 2.11. The van der Waals surface area contributed by atoms with Crippen molar-refractivity contribution in [1.29, 1.82) is 0 Å². The number of hydrogen-bond acceptors (Lipinski definition) is 4. The first-order valence-corrected chi connectivity index (χ1v) is 10.0. The summed E-state index contributed by atoms with van der Waals surface area (Å²) in [6, 6.07) is 14.7. The zero-order chi connectivity index (χ0) is 21.2. The molecule has 2 N–H and O–H groups in total. The van der Waals surface area contributed by atoms with E-state index in [0.717, 1.165) is 39.3 Å². The summed E-state index contributed by atoms with van der Waals surface area (Å²) in [6.45, 7) is 4.54. The number of nitrogens with one attached hydrogen (secondary N) is 2. The molecule has 1 saturated heterocycles. The minimum absolute atomic E-state index is 0.000301. The molecular formula is C23H26FN3O3. The Morgan fingerprint density at radius 2 is 1.73 bits per heavy atom. The topological polar surface area (TPSA) is 70.7 Å². The second-order valence-corrected chi connectivity index (χ2v) is 6.96. The van der Waals surface area contributed by atoms with Crippen LogP contribution < -0.4 is 10.6 Å². The van der Waals surface area contributed by atoms with E-state index in [0.29, 0.717) is 12.1 Å². The SMILES string of the molecule is O=C(NCCCN1CCOCC1)/C(=C\c1ccccc1F)NC(=O)c1ccccc1. The Morgan fingerprint density at radius 3 is 2.47 bits per heavy atom. The number of ether oxygens (including phenoxy) is 1. The lowest BCUT2D eigenvalue weighted by Crippen LogP contribution is -2.39. The molecule has 6 nitrogen and oxygen atoms in total. The normalized spacial score (nSPS) is 14.9. The lowest BCUT2D eigenvalue weighted by Gasteiger charge is -2.26. The van der Waals surface area contributed by atoms with Gasteiger partial charge in [-0.2, -0.15) is 0 Å². The van der Waals surface area contributed by atoms with Crippen LogP contribution in [-0.4, -0.2) is 56.1 Å². The number of nitrogens with zero attached hydrogens (tertiary/aromatic N) is 1. The molecule has 0 saturated carbocycles. The van der Waals surface area contributed by atoms with Gasteiger partial charge in [0, 0.05) is 30.8 Å². The minimum atomic E-state index is -0.468. The maximum atomic E-state index is 14.1. The van der Waals surface area contributed by atoms with Crippen LogP contribution in [0.4, 0.5) is 4.39 Å². The maximum Gasteiger partial charge on any atom is 0.267 e. The van der Waals surface area contributed by atoms with E-state index in [9.17, 15) is 14.0 Å². The second-order valence-electron chi connectivity index (χ2n) is 6.96. The number of carbonyl (C=O) groups excluding carboxylic acids is 2. The molecular weight excluding hydrogens is 385 g/mol. The molecule has 0 atom stereocenters. The summed E-state index contributed by atoms with van der Waals surface area (Å²) in [7, 11) is 0. The van der Waals surface area contributed by atoms with Gasteiger partial charge in [-0.15, -0.1) is 0 Å². The standard InChI is InChI=1S/C23H26FN3O3/c24-20-10-5-4-9-19(20)17-21(26-22(28)18-7-2-1-3-8-18)23(29)25-11-6-12-27-13-15-30-16-14-27/h1-5,7-10,17H,6,11-16H2,(H,25,29)(H,26,28)/b21-17+. The van der Waals surface area contributed by atoms with Crippen LogP contribution in [0.15, 0.2) is 60.3 Å². The van der Waals surface area contributed by atoms with E-state index < -0.39 is 17.6 Å². The van der Waals surface area contributed by atoms with Gasteiger partial charge in [-0.25, -0.2) is 4.39 Å². The summed E-state index contributed by atoms with van der Waals surface area (Å²) in [6.07, 6.45) is 2.12. The monoisotopic (exact) mass is 411 g/mol. The highest BCUT2D eigenvalue weighted by molar-refractivity contribution is 6.05. The summed E-state index contributed by atoms with van der Waals surface area (Å²) in [5.41, 5.74) is 0.640. The zero-order valence-corrected chi connectivity index (χ0v) is 16.8. The first-order valence-electron chi connectivity index (χ1n) is 10.0. The van der Waals surface area contributed by atoms with Crippen LogP contribution >= 0.6 is 0 Å². The molecule has 0 bridgehead atoms. The van der Waals surface area contributed by atoms with Crippen molar-refractivity contribution < 1.29 is 18.7 Å². The van der Waals surface area contributed by atoms with E-state index in [1.807, 2.05) is 0 Å². The van der Waals surface area contributed by atoms with Crippen LogP contribution in [0, 0.1) is 5.82 Å². The number of hydrogen-bond donors (Lipinski definition) is 2. The Hall–Kier alpha value is -3.03. The lowest BCUT2D eigenvalue weighted by molar-refractivity contribution is -0.117. The summed E-state index contributed by atoms with van der Waals surface area (Å²) in [5, 5.41) is 5.43. The van der Waals surface area contributed by atoms with Crippen LogP contribution in [-0.2, 0) is 9.53 Å². The van der Waals surface area contributed by atoms with Crippen LogP contribution in [0.1, 0.15) is 22.3 Å². The van der Waals surface area contributed by atoms with Gasteiger partial charge in [0.15, 0.2) is 0 Å². The summed E-state index contributed by atoms with van der Waals surface area (Å²) in [4.78, 5) is 27.5. The lowest BCUT2D eigenvalue weighted by atomic mass is 10.1. The van der Waals surface area contributed by atoms with Crippen molar-refractivity contribution >= 4 is 17.9 Å². The van der Waals surface area contributed by atoms with Crippen molar-refractivity contribution in [3.8, 4) is 0 Å². The van der Waals surface area contributed by atoms with Gasteiger partial charge in [-0.1, -0.05) is 36.4 Å². The molecule has 2 aromatic rings. The number of morpholine rings is 1. The molecule has 2 amide bonds. The molecule has 30 heavy (non-hydrogen) atoms. The van der Waals surface area contributed by atoms with Crippen LogP contribution in [0.25, 0.3) is 6.08 Å². The first kappa shape index (κ1) is 21.7. The van der Waals surface area contributed by atoms with E-state index in [1.165, 1.54) is 12.1 Å². The average molecular weight is 411 g/mol. The van der Waals surface area contributed by atoms with Gasteiger partial charge in [-0.3, -0.25) is 14.5 Å². The van der Waals surface area contributed by atoms with Crippen LogP contribution in [0.5, 0.6) is 0 Å². The highest BCUT2D eigenvalue weighted by atomic mass is 19.1. The quantitative estimate of drug-likeness (QED) is 0.517. The predicted octanol–water partition coefficient (Wildman–Crippen LogP) is 2.44. The largest absolute Gasteiger partial charge is 0.379 e. The van der Waals surface area contributed by atoms with Crippen LogP contribution in [0.3, 0.4) is 0 Å². The molecule has 3 rings (SSSR count). The van der Waals surface area contributed by atoms with Gasteiger partial charge in [0.25, 0.3) is 11.8 Å².